The third-order valence-electron chi connectivity index (χ3n) is 2.44. The van der Waals surface area contributed by atoms with Crippen molar-refractivity contribution in [2.45, 2.75) is 13.0 Å². The van der Waals surface area contributed by atoms with Crippen molar-refractivity contribution < 1.29 is 9.47 Å². The smallest absolute Gasteiger partial charge is 0.122 e. The zero-order valence-electron chi connectivity index (χ0n) is 10.8. The summed E-state index contributed by atoms with van der Waals surface area (Å²) in [7, 11) is 3.34. The molecule has 0 atom stereocenters. The number of methoxy groups -OCH3 is 2. The Labute approximate surface area is 108 Å². The highest BCUT2D eigenvalue weighted by Crippen LogP contribution is 2.22. The van der Waals surface area contributed by atoms with E-state index >= 15 is 0 Å². The molecule has 0 heterocycles. The maximum Gasteiger partial charge on any atom is 0.122 e. The van der Waals surface area contributed by atoms with Gasteiger partial charge in [0.1, 0.15) is 11.5 Å². The summed E-state index contributed by atoms with van der Waals surface area (Å²) in [5, 5.41) is 3.41. The van der Waals surface area contributed by atoms with Gasteiger partial charge in [0.15, 0.2) is 0 Å². The van der Waals surface area contributed by atoms with Crippen LogP contribution in [-0.2, 0) is 6.54 Å². The summed E-state index contributed by atoms with van der Waals surface area (Å²) in [4.78, 5) is 0. The highest BCUT2D eigenvalue weighted by atomic mass is 32.2. The third-order valence-corrected chi connectivity index (χ3v) is 3.14. The zero-order chi connectivity index (χ0) is 12.5. The van der Waals surface area contributed by atoms with Gasteiger partial charge in [-0.25, -0.2) is 0 Å². The van der Waals surface area contributed by atoms with Gasteiger partial charge < -0.3 is 14.8 Å². The third kappa shape index (κ3) is 5.33. The lowest BCUT2D eigenvalue weighted by Crippen LogP contribution is -2.15. The molecule has 0 aromatic heterocycles. The molecule has 1 rings (SSSR count). The Kier molecular flexibility index (Phi) is 6.89. The average Bonchev–Trinajstić information content (AvgIpc) is 2.38. The Balaban J connectivity index is 2.46. The first kappa shape index (κ1) is 14.2. The first-order chi connectivity index (χ1) is 8.30. The maximum absolute atomic E-state index is 5.23. The number of ether oxygens (including phenoxy) is 2. The lowest BCUT2D eigenvalue weighted by atomic mass is 10.2. The van der Waals surface area contributed by atoms with Gasteiger partial charge in [0.2, 0.25) is 0 Å². The SMILES string of the molecule is COc1cc(CNCCCSC)cc(OC)c1. The monoisotopic (exact) mass is 255 g/mol. The van der Waals surface area contributed by atoms with Crippen LogP contribution >= 0.6 is 11.8 Å². The number of benzene rings is 1. The van der Waals surface area contributed by atoms with Crippen molar-refractivity contribution in [1.29, 1.82) is 0 Å². The van der Waals surface area contributed by atoms with E-state index in [0.29, 0.717) is 0 Å². The summed E-state index contributed by atoms with van der Waals surface area (Å²) in [6, 6.07) is 5.95. The van der Waals surface area contributed by atoms with Gasteiger partial charge in [-0.15, -0.1) is 0 Å². The minimum absolute atomic E-state index is 0.838. The Hall–Kier alpha value is -0.870. The van der Waals surface area contributed by atoms with E-state index in [1.807, 2.05) is 30.0 Å². The van der Waals surface area contributed by atoms with E-state index < -0.39 is 0 Å². The Bertz CT molecular complexity index is 309. The molecule has 3 nitrogen and oxygen atoms in total. The summed E-state index contributed by atoms with van der Waals surface area (Å²) in [5.74, 6) is 2.88. The van der Waals surface area contributed by atoms with E-state index in [2.05, 4.69) is 11.6 Å². The van der Waals surface area contributed by atoms with Crippen LogP contribution in [0.4, 0.5) is 0 Å². The molecule has 0 saturated heterocycles. The van der Waals surface area contributed by atoms with Crippen molar-refractivity contribution in [1.82, 2.24) is 5.32 Å². The number of rotatable bonds is 8. The fourth-order valence-electron chi connectivity index (χ4n) is 1.54. The lowest BCUT2D eigenvalue weighted by molar-refractivity contribution is 0.393. The van der Waals surface area contributed by atoms with Crippen molar-refractivity contribution in [3.05, 3.63) is 23.8 Å². The van der Waals surface area contributed by atoms with Gasteiger partial charge in [-0.1, -0.05) is 0 Å². The number of thioether (sulfide) groups is 1. The van der Waals surface area contributed by atoms with E-state index in [-0.39, 0.29) is 0 Å². The molecule has 0 fully saturated rings. The molecule has 1 aromatic carbocycles. The van der Waals surface area contributed by atoms with Crippen LogP contribution < -0.4 is 14.8 Å². The van der Waals surface area contributed by atoms with Gasteiger partial charge in [0.25, 0.3) is 0 Å². The fraction of sp³-hybridized carbons (Fsp3) is 0.538. The Morgan fingerprint density at radius 3 is 2.29 bits per heavy atom. The largest absolute Gasteiger partial charge is 0.497 e. The molecule has 1 N–H and O–H groups in total. The molecule has 0 aliphatic rings. The molecular weight excluding hydrogens is 234 g/mol. The molecule has 96 valence electrons. The van der Waals surface area contributed by atoms with Gasteiger partial charge in [0.05, 0.1) is 14.2 Å². The summed E-state index contributed by atoms with van der Waals surface area (Å²) in [6.07, 6.45) is 3.33. The van der Waals surface area contributed by atoms with Crippen LogP contribution in [0.1, 0.15) is 12.0 Å². The maximum atomic E-state index is 5.23. The molecule has 1 aromatic rings. The minimum atomic E-state index is 0.838. The average molecular weight is 255 g/mol. The number of hydrogen-bond acceptors (Lipinski definition) is 4. The number of nitrogens with one attached hydrogen (secondary N) is 1. The van der Waals surface area contributed by atoms with Gasteiger partial charge in [-0.2, -0.15) is 11.8 Å². The van der Waals surface area contributed by atoms with E-state index in [9.17, 15) is 0 Å². The molecule has 4 heteroatoms. The lowest BCUT2D eigenvalue weighted by Gasteiger charge is -2.09. The molecule has 0 saturated carbocycles. The first-order valence-electron chi connectivity index (χ1n) is 5.71. The van der Waals surface area contributed by atoms with Crippen molar-refractivity contribution in [3.8, 4) is 11.5 Å². The molecule has 0 radical (unpaired) electrons. The van der Waals surface area contributed by atoms with Crippen LogP contribution in [0.15, 0.2) is 18.2 Å². The van der Waals surface area contributed by atoms with E-state index in [1.165, 1.54) is 17.7 Å². The van der Waals surface area contributed by atoms with Crippen LogP contribution in [0, 0.1) is 0 Å². The van der Waals surface area contributed by atoms with Crippen LogP contribution in [0.25, 0.3) is 0 Å². The van der Waals surface area contributed by atoms with E-state index in [4.69, 9.17) is 9.47 Å². The molecule has 0 aliphatic carbocycles. The highest BCUT2D eigenvalue weighted by Gasteiger charge is 2.01. The van der Waals surface area contributed by atoms with Gasteiger partial charge in [-0.3, -0.25) is 0 Å². The molecule has 0 spiro atoms. The van der Waals surface area contributed by atoms with Crippen LogP contribution in [0.3, 0.4) is 0 Å². The van der Waals surface area contributed by atoms with E-state index in [0.717, 1.165) is 24.6 Å². The predicted molar refractivity (Wildman–Crippen MR) is 74.3 cm³/mol. The predicted octanol–water partition coefficient (Wildman–Crippen LogP) is 2.55. The quantitative estimate of drug-likeness (QED) is 0.723. The standard InChI is InChI=1S/C13H21NO2S/c1-15-12-7-11(8-13(9-12)16-2)10-14-5-4-6-17-3/h7-9,14H,4-6,10H2,1-3H3. The van der Waals surface area contributed by atoms with Crippen LogP contribution in [-0.4, -0.2) is 32.8 Å². The first-order valence-corrected chi connectivity index (χ1v) is 7.11. The second kappa shape index (κ2) is 8.25. The van der Waals surface area contributed by atoms with Crippen molar-refractivity contribution in [3.63, 3.8) is 0 Å². The van der Waals surface area contributed by atoms with Gasteiger partial charge in [-0.05, 0) is 42.7 Å². The van der Waals surface area contributed by atoms with Crippen LogP contribution in [0.2, 0.25) is 0 Å². The number of hydrogen-bond donors (Lipinski definition) is 1. The van der Waals surface area contributed by atoms with Gasteiger partial charge in [0, 0.05) is 12.6 Å². The fourth-order valence-corrected chi connectivity index (χ4v) is 1.98. The van der Waals surface area contributed by atoms with Crippen LogP contribution in [0.5, 0.6) is 11.5 Å². The molecule has 0 aliphatic heterocycles. The second-order valence-electron chi connectivity index (χ2n) is 3.74. The minimum Gasteiger partial charge on any atom is -0.497 e. The Morgan fingerprint density at radius 1 is 1.12 bits per heavy atom. The van der Waals surface area contributed by atoms with Crippen molar-refractivity contribution >= 4 is 11.8 Å². The van der Waals surface area contributed by atoms with Crippen molar-refractivity contribution in [2.24, 2.45) is 0 Å². The van der Waals surface area contributed by atoms with Gasteiger partial charge >= 0.3 is 0 Å². The topological polar surface area (TPSA) is 30.5 Å². The Morgan fingerprint density at radius 2 is 1.76 bits per heavy atom. The van der Waals surface area contributed by atoms with E-state index in [1.54, 1.807) is 14.2 Å². The second-order valence-corrected chi connectivity index (χ2v) is 4.73. The summed E-state index contributed by atoms with van der Waals surface area (Å²) in [5.41, 5.74) is 1.19. The molecule has 0 amide bonds. The molecule has 0 bridgehead atoms. The van der Waals surface area contributed by atoms with Crippen molar-refractivity contribution in [2.75, 3.05) is 32.8 Å². The molecular formula is C13H21NO2S. The molecule has 0 unspecified atom stereocenters. The molecule has 17 heavy (non-hydrogen) atoms. The summed E-state index contributed by atoms with van der Waals surface area (Å²) >= 11 is 1.88. The normalized spacial score (nSPS) is 10.3. The summed E-state index contributed by atoms with van der Waals surface area (Å²) < 4.78 is 10.5. The summed E-state index contributed by atoms with van der Waals surface area (Å²) in [6.45, 7) is 1.89. The zero-order valence-corrected chi connectivity index (χ0v) is 11.6. The highest BCUT2D eigenvalue weighted by molar-refractivity contribution is 7.98.